The van der Waals surface area contributed by atoms with Crippen LogP contribution in [0.3, 0.4) is 0 Å². The van der Waals surface area contributed by atoms with Gasteiger partial charge < -0.3 is 10.4 Å². The van der Waals surface area contributed by atoms with Gasteiger partial charge in [0.2, 0.25) is 0 Å². The number of hydrogen-bond acceptors (Lipinski definition) is 3. The van der Waals surface area contributed by atoms with E-state index in [4.69, 9.17) is 5.11 Å². The van der Waals surface area contributed by atoms with Crippen LogP contribution in [0, 0.1) is 11.6 Å². The van der Waals surface area contributed by atoms with E-state index >= 15 is 0 Å². The predicted octanol–water partition coefficient (Wildman–Crippen LogP) is 3.58. The predicted molar refractivity (Wildman–Crippen MR) is 67.6 cm³/mol. The van der Waals surface area contributed by atoms with E-state index in [2.05, 4.69) is 5.32 Å². The van der Waals surface area contributed by atoms with Crippen molar-refractivity contribution in [3.05, 3.63) is 51.7 Å². The molecule has 1 aromatic carbocycles. The number of aromatic hydroxyl groups is 1. The van der Waals surface area contributed by atoms with Gasteiger partial charge in [0.15, 0.2) is 17.4 Å². The summed E-state index contributed by atoms with van der Waals surface area (Å²) in [4.78, 5) is 1.16. The first-order valence-electron chi connectivity index (χ1n) is 5.51. The van der Waals surface area contributed by atoms with Crippen LogP contribution in [0.5, 0.6) is 5.75 Å². The largest absolute Gasteiger partial charge is 0.503 e. The molecule has 1 aromatic heterocycles. The van der Waals surface area contributed by atoms with Gasteiger partial charge >= 0.3 is 0 Å². The van der Waals surface area contributed by atoms with Crippen molar-refractivity contribution in [1.29, 1.82) is 0 Å². The Kier molecular flexibility index (Phi) is 3.93. The second-order valence-electron chi connectivity index (χ2n) is 4.03. The molecule has 0 saturated heterocycles. The van der Waals surface area contributed by atoms with Gasteiger partial charge in [-0.25, -0.2) is 8.78 Å². The van der Waals surface area contributed by atoms with Gasteiger partial charge in [-0.2, -0.15) is 0 Å². The fourth-order valence-corrected chi connectivity index (χ4v) is 2.39. The fourth-order valence-electron chi connectivity index (χ4n) is 1.63. The Hall–Kier alpha value is -1.46. The van der Waals surface area contributed by atoms with Gasteiger partial charge in [-0.3, -0.25) is 0 Å². The van der Waals surface area contributed by atoms with E-state index in [-0.39, 0.29) is 6.04 Å². The lowest BCUT2D eigenvalue weighted by molar-refractivity contribution is 0.394. The van der Waals surface area contributed by atoms with Crippen molar-refractivity contribution >= 4 is 11.3 Å². The molecule has 0 aliphatic carbocycles. The number of thiophene rings is 1. The Morgan fingerprint density at radius 3 is 2.56 bits per heavy atom. The zero-order chi connectivity index (χ0) is 13.1. The molecular formula is C13H13F2NOS. The number of benzene rings is 1. The van der Waals surface area contributed by atoms with E-state index in [1.165, 1.54) is 0 Å². The van der Waals surface area contributed by atoms with Crippen LogP contribution in [-0.4, -0.2) is 5.11 Å². The van der Waals surface area contributed by atoms with Gasteiger partial charge in [-0.05, 0) is 36.1 Å². The minimum absolute atomic E-state index is 0.116. The lowest BCUT2D eigenvalue weighted by Crippen LogP contribution is -2.17. The van der Waals surface area contributed by atoms with E-state index in [1.54, 1.807) is 11.3 Å². The monoisotopic (exact) mass is 269 g/mol. The molecule has 1 atom stereocenters. The molecule has 2 rings (SSSR count). The van der Waals surface area contributed by atoms with Gasteiger partial charge in [0.05, 0.1) is 0 Å². The summed E-state index contributed by atoms with van der Waals surface area (Å²) in [6.07, 6.45) is 0. The van der Waals surface area contributed by atoms with Crippen molar-refractivity contribution in [2.24, 2.45) is 0 Å². The summed E-state index contributed by atoms with van der Waals surface area (Å²) in [6, 6.07) is 6.34. The van der Waals surface area contributed by atoms with Crippen molar-refractivity contribution in [3.8, 4) is 5.75 Å². The number of halogens is 2. The summed E-state index contributed by atoms with van der Waals surface area (Å²) < 4.78 is 26.2. The highest BCUT2D eigenvalue weighted by atomic mass is 32.1. The lowest BCUT2D eigenvalue weighted by Gasteiger charge is -2.12. The van der Waals surface area contributed by atoms with Gasteiger partial charge in [-0.1, -0.05) is 6.07 Å². The maximum atomic E-state index is 13.1. The molecule has 1 heterocycles. The quantitative estimate of drug-likeness (QED) is 0.889. The Morgan fingerprint density at radius 1 is 1.33 bits per heavy atom. The van der Waals surface area contributed by atoms with Crippen molar-refractivity contribution in [2.45, 2.75) is 19.5 Å². The Bertz CT molecular complexity index is 505. The minimum Gasteiger partial charge on any atom is -0.503 e. The second-order valence-corrected chi connectivity index (χ2v) is 5.01. The average molecular weight is 269 g/mol. The molecule has 0 fully saturated rings. The van der Waals surface area contributed by atoms with Crippen LogP contribution in [-0.2, 0) is 6.54 Å². The van der Waals surface area contributed by atoms with Crippen LogP contribution in [0.1, 0.15) is 23.4 Å². The molecule has 96 valence electrons. The third-order valence-corrected chi connectivity index (χ3v) is 3.71. The summed E-state index contributed by atoms with van der Waals surface area (Å²) in [5, 5.41) is 14.1. The summed E-state index contributed by atoms with van der Waals surface area (Å²) in [5.74, 6) is -2.80. The molecule has 2 aromatic rings. The lowest BCUT2D eigenvalue weighted by atomic mass is 10.2. The molecule has 0 aliphatic rings. The number of phenols is 1. The molecule has 0 unspecified atom stereocenters. The third-order valence-electron chi connectivity index (χ3n) is 2.66. The van der Waals surface area contributed by atoms with Gasteiger partial charge in [0.1, 0.15) is 0 Å². The molecule has 0 aliphatic heterocycles. The second kappa shape index (κ2) is 5.46. The van der Waals surface area contributed by atoms with E-state index in [0.29, 0.717) is 12.1 Å². The van der Waals surface area contributed by atoms with Crippen molar-refractivity contribution in [3.63, 3.8) is 0 Å². The molecule has 0 amide bonds. The number of nitrogens with one attached hydrogen (secondary N) is 1. The molecule has 0 bridgehead atoms. The molecule has 0 radical (unpaired) electrons. The molecule has 18 heavy (non-hydrogen) atoms. The van der Waals surface area contributed by atoms with Gasteiger partial charge in [0, 0.05) is 17.5 Å². The molecule has 0 saturated carbocycles. The van der Waals surface area contributed by atoms with Crippen LogP contribution in [0.25, 0.3) is 0 Å². The Morgan fingerprint density at radius 2 is 2.00 bits per heavy atom. The highest BCUT2D eigenvalue weighted by Gasteiger charge is 2.11. The highest BCUT2D eigenvalue weighted by Crippen LogP contribution is 2.22. The van der Waals surface area contributed by atoms with E-state index in [0.717, 1.165) is 17.0 Å². The molecular weight excluding hydrogens is 256 g/mol. The average Bonchev–Trinajstić information content (AvgIpc) is 2.86. The standard InChI is InChI=1S/C13H13F2NOS/c1-8(12-3-2-4-18-12)16-7-9-5-10(14)13(17)11(15)6-9/h2-6,8,16-17H,7H2,1H3/t8-/m0/s1. The smallest absolute Gasteiger partial charge is 0.187 e. The third kappa shape index (κ3) is 2.86. The van der Waals surface area contributed by atoms with E-state index in [9.17, 15) is 8.78 Å². The van der Waals surface area contributed by atoms with E-state index in [1.807, 2.05) is 24.4 Å². The first-order valence-corrected chi connectivity index (χ1v) is 6.39. The van der Waals surface area contributed by atoms with E-state index < -0.39 is 17.4 Å². The number of rotatable bonds is 4. The van der Waals surface area contributed by atoms with Crippen LogP contribution in [0.2, 0.25) is 0 Å². The van der Waals surface area contributed by atoms with Crippen LogP contribution in [0.4, 0.5) is 8.78 Å². The zero-order valence-electron chi connectivity index (χ0n) is 9.78. The SMILES string of the molecule is C[C@H](NCc1cc(F)c(O)c(F)c1)c1cccs1. The topological polar surface area (TPSA) is 32.3 Å². The first kappa shape index (κ1) is 13.0. The normalized spacial score (nSPS) is 12.6. The Balaban J connectivity index is 2.02. The highest BCUT2D eigenvalue weighted by molar-refractivity contribution is 7.10. The maximum absolute atomic E-state index is 13.1. The zero-order valence-corrected chi connectivity index (χ0v) is 10.6. The fraction of sp³-hybridized carbons (Fsp3) is 0.231. The molecule has 2 N–H and O–H groups in total. The Labute approximate surface area is 108 Å². The van der Waals surface area contributed by atoms with Crippen LogP contribution in [0.15, 0.2) is 29.6 Å². The van der Waals surface area contributed by atoms with Crippen molar-refractivity contribution in [2.75, 3.05) is 0 Å². The summed E-state index contributed by atoms with van der Waals surface area (Å²) in [5.41, 5.74) is 0.464. The number of hydrogen-bond donors (Lipinski definition) is 2. The maximum Gasteiger partial charge on any atom is 0.187 e. The van der Waals surface area contributed by atoms with Crippen molar-refractivity contribution in [1.82, 2.24) is 5.32 Å². The van der Waals surface area contributed by atoms with Gasteiger partial charge in [0.25, 0.3) is 0 Å². The molecule has 2 nitrogen and oxygen atoms in total. The molecule has 5 heteroatoms. The van der Waals surface area contributed by atoms with Crippen molar-refractivity contribution < 1.29 is 13.9 Å². The number of phenolic OH excluding ortho intramolecular Hbond substituents is 1. The summed E-state index contributed by atoms with van der Waals surface area (Å²) in [6.45, 7) is 2.33. The van der Waals surface area contributed by atoms with Gasteiger partial charge in [-0.15, -0.1) is 11.3 Å². The van der Waals surface area contributed by atoms with Crippen LogP contribution >= 0.6 is 11.3 Å². The van der Waals surface area contributed by atoms with Crippen LogP contribution < -0.4 is 5.32 Å². The molecule has 0 spiro atoms. The minimum atomic E-state index is -0.935. The summed E-state index contributed by atoms with van der Waals surface area (Å²) in [7, 11) is 0. The first-order chi connectivity index (χ1) is 8.58. The summed E-state index contributed by atoms with van der Waals surface area (Å²) >= 11 is 1.62.